The molecule has 7 nitrogen and oxygen atoms in total. The van der Waals surface area contributed by atoms with Gasteiger partial charge in [-0.2, -0.15) is 0 Å². The fourth-order valence-electron chi connectivity index (χ4n) is 5.19. The molecule has 1 aromatic heterocycles. The molecule has 2 heterocycles. The lowest BCUT2D eigenvalue weighted by Crippen LogP contribution is -2.46. The van der Waals surface area contributed by atoms with Gasteiger partial charge in [0.15, 0.2) is 11.5 Å². The Morgan fingerprint density at radius 1 is 1.00 bits per heavy atom. The SMILES string of the molecule is CCN1CCN(c2cc(Nc3ccc(N(C)C)cc3)c3c4c(onc24)-c2ccccc2C3=O)CC1. The summed E-state index contributed by atoms with van der Waals surface area (Å²) in [6.07, 6.45) is 0. The fourth-order valence-corrected chi connectivity index (χ4v) is 5.19. The van der Waals surface area contributed by atoms with Gasteiger partial charge in [-0.25, -0.2) is 0 Å². The van der Waals surface area contributed by atoms with E-state index in [-0.39, 0.29) is 5.78 Å². The van der Waals surface area contributed by atoms with Crippen LogP contribution in [-0.4, -0.2) is 62.7 Å². The highest BCUT2D eigenvalue weighted by atomic mass is 16.5. The molecule has 0 unspecified atom stereocenters. The molecular weight excluding hydrogens is 438 g/mol. The van der Waals surface area contributed by atoms with Crippen molar-refractivity contribution in [3.05, 3.63) is 65.7 Å². The molecule has 1 saturated heterocycles. The summed E-state index contributed by atoms with van der Waals surface area (Å²) >= 11 is 0. The van der Waals surface area contributed by atoms with Crippen molar-refractivity contribution in [1.29, 1.82) is 0 Å². The van der Waals surface area contributed by atoms with Gasteiger partial charge in [0, 0.05) is 62.8 Å². The molecule has 35 heavy (non-hydrogen) atoms. The molecular formula is C28H29N5O2. The Bertz CT molecular complexity index is 1420. The molecule has 0 atom stereocenters. The lowest BCUT2D eigenvalue weighted by atomic mass is 9.86. The average molecular weight is 468 g/mol. The number of hydrogen-bond donors (Lipinski definition) is 1. The van der Waals surface area contributed by atoms with Crippen molar-refractivity contribution in [1.82, 2.24) is 10.1 Å². The summed E-state index contributed by atoms with van der Waals surface area (Å²) in [6.45, 7) is 7.07. The largest absolute Gasteiger partial charge is 0.378 e. The lowest BCUT2D eigenvalue weighted by molar-refractivity contribution is 0.104. The maximum Gasteiger partial charge on any atom is 0.196 e. The van der Waals surface area contributed by atoms with Crippen molar-refractivity contribution in [3.8, 4) is 11.3 Å². The summed E-state index contributed by atoms with van der Waals surface area (Å²) < 4.78 is 5.92. The normalized spacial score (nSPS) is 15.4. The number of hydrogen-bond acceptors (Lipinski definition) is 7. The number of aromatic nitrogens is 1. The highest BCUT2D eigenvalue weighted by Crippen LogP contribution is 2.46. The van der Waals surface area contributed by atoms with Gasteiger partial charge in [0.1, 0.15) is 5.52 Å². The quantitative estimate of drug-likeness (QED) is 0.391. The number of ketones is 1. The van der Waals surface area contributed by atoms with E-state index in [4.69, 9.17) is 4.52 Å². The molecule has 1 aliphatic carbocycles. The van der Waals surface area contributed by atoms with Gasteiger partial charge in [-0.1, -0.05) is 36.3 Å². The standard InChI is InChI=1S/C28H29N5O2/c1-4-32-13-15-33(16-14-32)23-17-22(29-18-9-11-19(12-10-18)31(2)3)24-25-26(23)30-35-28(25)21-8-6-5-7-20(21)27(24)34/h5-12,17,29H,4,13-16H2,1-3H3. The van der Waals surface area contributed by atoms with E-state index in [0.717, 1.165) is 71.9 Å². The van der Waals surface area contributed by atoms with Gasteiger partial charge in [-0.3, -0.25) is 4.79 Å². The molecule has 0 radical (unpaired) electrons. The molecule has 1 aliphatic heterocycles. The van der Waals surface area contributed by atoms with Gasteiger partial charge in [0.2, 0.25) is 0 Å². The molecule has 0 amide bonds. The third-order valence-corrected chi connectivity index (χ3v) is 7.20. The van der Waals surface area contributed by atoms with Crippen molar-refractivity contribution in [2.24, 2.45) is 0 Å². The molecule has 0 spiro atoms. The first-order valence-electron chi connectivity index (χ1n) is 12.2. The Balaban J connectivity index is 1.51. The summed E-state index contributed by atoms with van der Waals surface area (Å²) in [5.74, 6) is 0.668. The first-order chi connectivity index (χ1) is 17.0. The maximum atomic E-state index is 13.8. The Morgan fingerprint density at radius 2 is 1.71 bits per heavy atom. The van der Waals surface area contributed by atoms with Crippen LogP contribution in [0.1, 0.15) is 22.8 Å². The monoisotopic (exact) mass is 467 g/mol. The summed E-state index contributed by atoms with van der Waals surface area (Å²) in [4.78, 5) is 20.7. The number of rotatable bonds is 5. The maximum absolute atomic E-state index is 13.8. The second-order valence-electron chi connectivity index (χ2n) is 9.42. The minimum atomic E-state index is -0.00364. The molecule has 1 N–H and O–H groups in total. The Labute approximate surface area is 204 Å². The predicted octanol–water partition coefficient (Wildman–Crippen LogP) is 4.99. The van der Waals surface area contributed by atoms with E-state index in [9.17, 15) is 4.79 Å². The van der Waals surface area contributed by atoms with E-state index in [2.05, 4.69) is 50.3 Å². The molecule has 4 aromatic rings. The smallest absolute Gasteiger partial charge is 0.196 e. The Morgan fingerprint density at radius 3 is 2.40 bits per heavy atom. The van der Waals surface area contributed by atoms with Crippen molar-refractivity contribution in [2.45, 2.75) is 6.92 Å². The summed E-state index contributed by atoms with van der Waals surface area (Å²) in [7, 11) is 4.04. The number of piperazine rings is 1. The first kappa shape index (κ1) is 21.7. The summed E-state index contributed by atoms with van der Waals surface area (Å²) in [6, 6.07) is 17.9. The van der Waals surface area contributed by atoms with Gasteiger partial charge in [-0.15, -0.1) is 0 Å². The van der Waals surface area contributed by atoms with Crippen LogP contribution in [0.25, 0.3) is 22.2 Å². The van der Waals surface area contributed by atoms with Crippen molar-refractivity contribution < 1.29 is 9.32 Å². The first-order valence-corrected chi connectivity index (χ1v) is 12.2. The van der Waals surface area contributed by atoms with E-state index in [0.29, 0.717) is 16.9 Å². The van der Waals surface area contributed by atoms with Crippen LogP contribution in [0.3, 0.4) is 0 Å². The third-order valence-electron chi connectivity index (χ3n) is 7.20. The van der Waals surface area contributed by atoms with Crippen LogP contribution in [-0.2, 0) is 0 Å². The summed E-state index contributed by atoms with van der Waals surface area (Å²) in [5, 5.41) is 8.85. The summed E-state index contributed by atoms with van der Waals surface area (Å²) in [5.41, 5.74) is 6.68. The highest BCUT2D eigenvalue weighted by Gasteiger charge is 2.34. The topological polar surface area (TPSA) is 64.8 Å². The number of carbonyl (C=O) groups is 1. The second-order valence-corrected chi connectivity index (χ2v) is 9.42. The van der Waals surface area contributed by atoms with Crippen LogP contribution in [0.15, 0.2) is 59.1 Å². The number of nitrogens with zero attached hydrogens (tertiary/aromatic N) is 4. The van der Waals surface area contributed by atoms with Crippen LogP contribution < -0.4 is 15.1 Å². The molecule has 3 aromatic carbocycles. The van der Waals surface area contributed by atoms with Crippen LogP contribution in [0.5, 0.6) is 0 Å². The molecule has 2 aliphatic rings. The van der Waals surface area contributed by atoms with Crippen LogP contribution in [0, 0.1) is 0 Å². The fraction of sp³-hybridized carbons (Fsp3) is 0.286. The zero-order valence-electron chi connectivity index (χ0n) is 20.3. The van der Waals surface area contributed by atoms with Crippen molar-refractivity contribution in [2.75, 3.05) is 61.9 Å². The van der Waals surface area contributed by atoms with Crippen LogP contribution >= 0.6 is 0 Å². The van der Waals surface area contributed by atoms with Crippen molar-refractivity contribution >= 4 is 39.4 Å². The second kappa shape index (κ2) is 8.43. The molecule has 0 saturated carbocycles. The number of anilines is 4. The lowest BCUT2D eigenvalue weighted by Gasteiger charge is -2.36. The van der Waals surface area contributed by atoms with Gasteiger partial charge >= 0.3 is 0 Å². The van der Waals surface area contributed by atoms with Crippen LogP contribution in [0.4, 0.5) is 22.7 Å². The molecule has 6 rings (SSSR count). The van der Waals surface area contributed by atoms with Gasteiger partial charge in [-0.05, 0) is 36.9 Å². The van der Waals surface area contributed by atoms with Gasteiger partial charge in [0.05, 0.1) is 22.3 Å². The number of benzene rings is 3. The zero-order valence-corrected chi connectivity index (χ0v) is 20.3. The van der Waals surface area contributed by atoms with E-state index in [1.165, 1.54) is 0 Å². The number of likely N-dealkylation sites (N-methyl/N-ethyl adjacent to an activating group) is 1. The molecule has 1 fully saturated rings. The number of nitrogens with one attached hydrogen (secondary N) is 1. The molecule has 0 bridgehead atoms. The Hall–Kier alpha value is -3.84. The average Bonchev–Trinajstić information content (AvgIpc) is 3.33. The Kier molecular flexibility index (Phi) is 5.22. The van der Waals surface area contributed by atoms with E-state index in [1.54, 1.807) is 0 Å². The van der Waals surface area contributed by atoms with Gasteiger partial charge < -0.3 is 24.5 Å². The molecule has 7 heteroatoms. The number of fused-ring (bicyclic) bond motifs is 2. The van der Waals surface area contributed by atoms with E-state index in [1.807, 2.05) is 50.5 Å². The van der Waals surface area contributed by atoms with Crippen LogP contribution in [0.2, 0.25) is 0 Å². The highest BCUT2D eigenvalue weighted by molar-refractivity contribution is 6.28. The van der Waals surface area contributed by atoms with Crippen molar-refractivity contribution in [3.63, 3.8) is 0 Å². The van der Waals surface area contributed by atoms with E-state index >= 15 is 0 Å². The minimum absolute atomic E-state index is 0.00364. The minimum Gasteiger partial charge on any atom is -0.378 e. The molecule has 178 valence electrons. The zero-order chi connectivity index (χ0) is 24.1. The van der Waals surface area contributed by atoms with Gasteiger partial charge in [0.25, 0.3) is 0 Å². The predicted molar refractivity (Wildman–Crippen MR) is 141 cm³/mol. The number of carbonyl (C=O) groups excluding carboxylic acids is 1. The third kappa shape index (κ3) is 3.54. The van der Waals surface area contributed by atoms with E-state index < -0.39 is 0 Å².